The van der Waals surface area contributed by atoms with Crippen molar-refractivity contribution in [1.29, 1.82) is 0 Å². The van der Waals surface area contributed by atoms with Crippen molar-refractivity contribution in [2.75, 3.05) is 7.11 Å². The van der Waals surface area contributed by atoms with Gasteiger partial charge in [-0.2, -0.15) is 0 Å². The molecule has 0 N–H and O–H groups in total. The number of benzene rings is 2. The number of fused-ring (bicyclic) bond motifs is 5. The van der Waals surface area contributed by atoms with Crippen LogP contribution in [-0.2, 0) is 23.6 Å². The Hall–Kier alpha value is -2.07. The van der Waals surface area contributed by atoms with Crippen LogP contribution in [0.2, 0.25) is 0 Å². The third-order valence-electron chi connectivity index (χ3n) is 4.17. The molecule has 3 nitrogen and oxygen atoms in total. The van der Waals surface area contributed by atoms with Crippen LogP contribution in [0, 0.1) is 0 Å². The highest BCUT2D eigenvalue weighted by atomic mass is 32.2. The summed E-state index contributed by atoms with van der Waals surface area (Å²) in [4.78, 5) is 0.933. The molecular weight excluding hydrogens is 282 g/mol. The second-order valence-corrected chi connectivity index (χ2v) is 6.67. The van der Waals surface area contributed by atoms with E-state index in [2.05, 4.69) is 23.7 Å². The summed E-state index contributed by atoms with van der Waals surface area (Å²) in [5.74, 6) is 1.40. The molecule has 0 bridgehead atoms. The third-order valence-corrected chi connectivity index (χ3v) is 5.57. The summed E-state index contributed by atoms with van der Waals surface area (Å²) in [6, 6.07) is 14.1. The zero-order valence-corrected chi connectivity index (χ0v) is 12.7. The van der Waals surface area contributed by atoms with E-state index in [1.54, 1.807) is 7.11 Å². The minimum absolute atomic E-state index is 0.566. The molecule has 1 aliphatic rings. The maximum Gasteiger partial charge on any atom is 0.119 e. The molecule has 0 saturated heterocycles. The molecule has 0 saturated carbocycles. The summed E-state index contributed by atoms with van der Waals surface area (Å²) in [7, 11) is 2.76. The molecule has 2 heterocycles. The number of methoxy groups -OCH3 is 1. The summed E-state index contributed by atoms with van der Waals surface area (Å²) in [6.07, 6.45) is 0. The van der Waals surface area contributed by atoms with Crippen LogP contribution in [-0.4, -0.2) is 15.9 Å². The first-order chi connectivity index (χ1) is 10.2. The smallest absolute Gasteiger partial charge is 0.119 e. The summed E-state index contributed by atoms with van der Waals surface area (Å²) in [5.41, 5.74) is 4.56. The van der Waals surface area contributed by atoms with Gasteiger partial charge >= 0.3 is 0 Å². The number of ether oxygens (including phenoxy) is 1. The highest BCUT2D eigenvalue weighted by molar-refractivity contribution is 7.84. The monoisotopic (exact) mass is 297 g/mol. The lowest BCUT2D eigenvalue weighted by molar-refractivity contribution is 0.415. The Morgan fingerprint density at radius 3 is 2.81 bits per heavy atom. The molecule has 21 heavy (non-hydrogen) atoms. The lowest BCUT2D eigenvalue weighted by atomic mass is 10.1. The highest BCUT2D eigenvalue weighted by Crippen LogP contribution is 2.41. The normalized spacial score (nSPS) is 16.6. The molecule has 106 valence electrons. The number of rotatable bonds is 1. The van der Waals surface area contributed by atoms with Gasteiger partial charge in [-0.15, -0.1) is 0 Å². The van der Waals surface area contributed by atoms with Crippen molar-refractivity contribution < 1.29 is 8.95 Å². The van der Waals surface area contributed by atoms with E-state index < -0.39 is 10.8 Å². The van der Waals surface area contributed by atoms with Gasteiger partial charge in [0.2, 0.25) is 0 Å². The van der Waals surface area contributed by atoms with Gasteiger partial charge in [-0.05, 0) is 29.8 Å². The molecule has 4 rings (SSSR count). The van der Waals surface area contributed by atoms with E-state index in [0.717, 1.165) is 32.7 Å². The van der Waals surface area contributed by atoms with E-state index >= 15 is 0 Å². The van der Waals surface area contributed by atoms with Crippen LogP contribution >= 0.6 is 0 Å². The van der Waals surface area contributed by atoms with Crippen molar-refractivity contribution in [1.82, 2.24) is 4.57 Å². The van der Waals surface area contributed by atoms with Crippen molar-refractivity contribution in [3.63, 3.8) is 0 Å². The molecule has 1 aromatic heterocycles. The van der Waals surface area contributed by atoms with E-state index in [0.29, 0.717) is 5.75 Å². The lowest BCUT2D eigenvalue weighted by Crippen LogP contribution is -2.07. The predicted octanol–water partition coefficient (Wildman–Crippen LogP) is 3.48. The fourth-order valence-corrected chi connectivity index (χ4v) is 4.54. The average molecular weight is 297 g/mol. The molecule has 3 aromatic rings. The van der Waals surface area contributed by atoms with Crippen LogP contribution in [0.15, 0.2) is 47.4 Å². The molecule has 1 aliphatic heterocycles. The summed E-state index contributed by atoms with van der Waals surface area (Å²) >= 11 is 0. The molecular formula is C17H15NO2S. The Labute approximate surface area is 125 Å². The average Bonchev–Trinajstić information content (AvgIpc) is 2.80. The fourth-order valence-electron chi connectivity index (χ4n) is 3.19. The summed E-state index contributed by atoms with van der Waals surface area (Å²) in [5, 5.41) is 1.13. The topological polar surface area (TPSA) is 31.2 Å². The van der Waals surface area contributed by atoms with Crippen molar-refractivity contribution in [3.05, 3.63) is 48.0 Å². The second-order valence-electron chi connectivity index (χ2n) is 5.26. The van der Waals surface area contributed by atoms with Crippen LogP contribution in [0.1, 0.15) is 5.56 Å². The molecule has 1 atom stereocenters. The molecule has 2 aromatic carbocycles. The van der Waals surface area contributed by atoms with Crippen molar-refractivity contribution >= 4 is 21.7 Å². The van der Waals surface area contributed by atoms with Gasteiger partial charge in [-0.3, -0.25) is 4.21 Å². The van der Waals surface area contributed by atoms with Gasteiger partial charge in [0.05, 0.1) is 29.4 Å². The minimum atomic E-state index is -0.982. The van der Waals surface area contributed by atoms with Gasteiger partial charge in [0.1, 0.15) is 5.75 Å². The largest absolute Gasteiger partial charge is 0.497 e. The molecule has 0 spiro atoms. The van der Waals surface area contributed by atoms with E-state index in [1.807, 2.05) is 30.3 Å². The Kier molecular flexibility index (Phi) is 2.69. The first-order valence-corrected chi connectivity index (χ1v) is 8.15. The molecule has 0 amide bonds. The Morgan fingerprint density at radius 1 is 1.19 bits per heavy atom. The van der Waals surface area contributed by atoms with Crippen LogP contribution in [0.4, 0.5) is 0 Å². The highest BCUT2D eigenvalue weighted by Gasteiger charge is 2.26. The number of hydrogen-bond donors (Lipinski definition) is 0. The van der Waals surface area contributed by atoms with Gasteiger partial charge in [-0.25, -0.2) is 0 Å². The van der Waals surface area contributed by atoms with Gasteiger partial charge in [0, 0.05) is 28.4 Å². The first-order valence-electron chi connectivity index (χ1n) is 6.84. The summed E-state index contributed by atoms with van der Waals surface area (Å²) in [6.45, 7) is 0. The third kappa shape index (κ3) is 1.69. The standard InChI is InChI=1S/C17H15NO2S/c1-18-15-8-7-11(20-2)9-13(15)14-10-21(19)16-6-4-3-5-12(16)17(14)18/h3-9H,10H2,1-2H3. The van der Waals surface area contributed by atoms with E-state index in [-0.39, 0.29) is 0 Å². The zero-order valence-electron chi connectivity index (χ0n) is 11.9. The zero-order chi connectivity index (χ0) is 14.6. The quantitative estimate of drug-likeness (QED) is 0.688. The maximum atomic E-state index is 12.5. The van der Waals surface area contributed by atoms with Gasteiger partial charge in [0.15, 0.2) is 0 Å². The van der Waals surface area contributed by atoms with Crippen LogP contribution in [0.25, 0.3) is 22.2 Å². The van der Waals surface area contributed by atoms with Crippen molar-refractivity contribution in [2.24, 2.45) is 7.05 Å². The van der Waals surface area contributed by atoms with Crippen LogP contribution in [0.3, 0.4) is 0 Å². The van der Waals surface area contributed by atoms with Crippen LogP contribution < -0.4 is 4.74 Å². The Morgan fingerprint density at radius 2 is 2.00 bits per heavy atom. The predicted molar refractivity (Wildman–Crippen MR) is 85.0 cm³/mol. The van der Waals surface area contributed by atoms with Gasteiger partial charge in [0.25, 0.3) is 0 Å². The number of aryl methyl sites for hydroxylation is 1. The molecule has 1 unspecified atom stereocenters. The van der Waals surface area contributed by atoms with E-state index in [4.69, 9.17) is 4.74 Å². The van der Waals surface area contributed by atoms with Crippen molar-refractivity contribution in [2.45, 2.75) is 10.6 Å². The first kappa shape index (κ1) is 12.7. The minimum Gasteiger partial charge on any atom is -0.497 e. The molecule has 0 fully saturated rings. The maximum absolute atomic E-state index is 12.5. The van der Waals surface area contributed by atoms with Gasteiger partial charge < -0.3 is 9.30 Å². The lowest BCUT2D eigenvalue weighted by Gasteiger charge is -2.17. The Bertz CT molecular complexity index is 895. The fraction of sp³-hybridized carbons (Fsp3) is 0.176. The second kappa shape index (κ2) is 4.46. The molecule has 0 aliphatic carbocycles. The molecule has 4 heteroatoms. The Balaban J connectivity index is 2.12. The van der Waals surface area contributed by atoms with Crippen molar-refractivity contribution in [3.8, 4) is 17.0 Å². The number of nitrogens with zero attached hydrogens (tertiary/aromatic N) is 1. The van der Waals surface area contributed by atoms with E-state index in [1.165, 1.54) is 5.69 Å². The molecule has 0 radical (unpaired) electrons. The number of aromatic nitrogens is 1. The SMILES string of the molecule is COc1ccc2c(c1)c1c(n2C)-c2ccccc2S(=O)C1. The number of hydrogen-bond acceptors (Lipinski definition) is 2. The van der Waals surface area contributed by atoms with Crippen LogP contribution in [0.5, 0.6) is 5.75 Å². The summed E-state index contributed by atoms with van der Waals surface area (Å²) < 4.78 is 20.1. The van der Waals surface area contributed by atoms with Gasteiger partial charge in [-0.1, -0.05) is 18.2 Å². The van der Waals surface area contributed by atoms with E-state index in [9.17, 15) is 4.21 Å².